The minimum atomic E-state index is -0.151. The second kappa shape index (κ2) is 7.76. The average Bonchev–Trinajstić information content (AvgIpc) is 3.63. The summed E-state index contributed by atoms with van der Waals surface area (Å²) in [4.78, 5) is 5.76. The Balaban J connectivity index is 1.15. The maximum Gasteiger partial charge on any atom is 0.0992 e. The van der Waals surface area contributed by atoms with Crippen molar-refractivity contribution in [3.63, 3.8) is 0 Å². The van der Waals surface area contributed by atoms with Crippen molar-refractivity contribution in [3.05, 3.63) is 77.5 Å². The van der Waals surface area contributed by atoms with Gasteiger partial charge in [-0.1, -0.05) is 24.3 Å². The Kier molecular flexibility index (Phi) is 4.83. The van der Waals surface area contributed by atoms with Gasteiger partial charge in [0.05, 0.1) is 23.3 Å². The summed E-state index contributed by atoms with van der Waals surface area (Å²) < 4.78 is 0. The first-order chi connectivity index (χ1) is 16.1. The molecule has 0 unspecified atom stereocenters. The second-order valence-electron chi connectivity index (χ2n) is 10.3. The van der Waals surface area contributed by atoms with Crippen LogP contribution in [-0.4, -0.2) is 33.2 Å². The summed E-state index contributed by atoms with van der Waals surface area (Å²) in [6.07, 6.45) is 7.85. The molecule has 3 N–H and O–H groups in total. The highest BCUT2D eigenvalue weighted by molar-refractivity contribution is 5.68. The molecule has 5 nitrogen and oxygen atoms in total. The quantitative estimate of drug-likeness (QED) is 0.504. The van der Waals surface area contributed by atoms with Crippen LogP contribution in [0.3, 0.4) is 0 Å². The fourth-order valence-corrected chi connectivity index (χ4v) is 5.81. The predicted molar refractivity (Wildman–Crippen MR) is 129 cm³/mol. The number of aliphatic hydroxyl groups excluding tert-OH is 1. The molecular formula is C28H30N4O. The molecule has 2 aliphatic carbocycles. The van der Waals surface area contributed by atoms with Crippen LogP contribution in [0, 0.1) is 16.7 Å². The van der Waals surface area contributed by atoms with Gasteiger partial charge in [0, 0.05) is 36.2 Å². The molecule has 33 heavy (non-hydrogen) atoms. The molecule has 3 aliphatic rings. The highest BCUT2D eigenvalue weighted by Gasteiger charge is 2.65. The van der Waals surface area contributed by atoms with Gasteiger partial charge in [0.2, 0.25) is 0 Å². The van der Waals surface area contributed by atoms with Crippen molar-refractivity contribution in [1.82, 2.24) is 9.88 Å². The summed E-state index contributed by atoms with van der Waals surface area (Å²) in [5.41, 5.74) is 6.70. The molecule has 168 valence electrons. The second-order valence-corrected chi connectivity index (χ2v) is 10.3. The zero-order valence-corrected chi connectivity index (χ0v) is 18.8. The van der Waals surface area contributed by atoms with E-state index in [0.29, 0.717) is 17.5 Å². The molecule has 2 heterocycles. The lowest BCUT2D eigenvalue weighted by Crippen LogP contribution is -2.47. The Bertz CT molecular complexity index is 1210. The van der Waals surface area contributed by atoms with Crippen molar-refractivity contribution in [2.45, 2.75) is 56.8 Å². The van der Waals surface area contributed by atoms with Crippen molar-refractivity contribution in [2.24, 2.45) is 5.41 Å². The number of H-pyrrole nitrogens is 1. The third-order valence-corrected chi connectivity index (χ3v) is 8.02. The maximum absolute atomic E-state index is 10.5. The van der Waals surface area contributed by atoms with E-state index in [-0.39, 0.29) is 11.6 Å². The number of piperidine rings is 1. The molecule has 0 bridgehead atoms. The lowest BCUT2D eigenvalue weighted by atomic mass is 9.85. The lowest BCUT2D eigenvalue weighted by Gasteiger charge is -2.41. The molecule has 3 fully saturated rings. The Morgan fingerprint density at radius 1 is 1.09 bits per heavy atom. The fraction of sp³-hybridized carbons (Fsp3) is 0.393. The summed E-state index contributed by atoms with van der Waals surface area (Å²) in [6, 6.07) is 20.9. The van der Waals surface area contributed by atoms with Crippen molar-refractivity contribution in [3.8, 4) is 17.3 Å². The monoisotopic (exact) mass is 438 g/mol. The van der Waals surface area contributed by atoms with Gasteiger partial charge in [0.1, 0.15) is 0 Å². The smallest absolute Gasteiger partial charge is 0.0992 e. The number of anilines is 1. The van der Waals surface area contributed by atoms with E-state index in [4.69, 9.17) is 0 Å². The number of nitriles is 1. The van der Waals surface area contributed by atoms with E-state index in [1.54, 1.807) is 0 Å². The van der Waals surface area contributed by atoms with E-state index < -0.39 is 0 Å². The molecule has 1 aliphatic heterocycles. The van der Waals surface area contributed by atoms with Crippen LogP contribution in [0.15, 0.2) is 60.8 Å². The number of hydrogen-bond acceptors (Lipinski definition) is 4. The number of rotatable bonds is 6. The van der Waals surface area contributed by atoms with Crippen LogP contribution >= 0.6 is 0 Å². The molecule has 0 radical (unpaired) electrons. The maximum atomic E-state index is 10.5. The van der Waals surface area contributed by atoms with E-state index in [1.807, 2.05) is 30.5 Å². The molecule has 2 atom stereocenters. The predicted octanol–water partition coefficient (Wildman–Crippen LogP) is 5.04. The SMILES string of the molecule is N#Cc1cc(NCc2cccc(CN3CCC4(CC4)C[C@@]34C[C@H]4O)c2)cc(-c2ccc[nH]2)c1. The lowest BCUT2D eigenvalue weighted by molar-refractivity contribution is 0.0421. The number of aromatic amines is 1. The minimum absolute atomic E-state index is 0.0367. The number of aliphatic hydroxyl groups is 1. The van der Waals surface area contributed by atoms with Gasteiger partial charge in [-0.25, -0.2) is 0 Å². The van der Waals surface area contributed by atoms with Gasteiger partial charge < -0.3 is 15.4 Å². The van der Waals surface area contributed by atoms with Crippen LogP contribution in [0.1, 0.15) is 48.8 Å². The van der Waals surface area contributed by atoms with Gasteiger partial charge in [-0.15, -0.1) is 0 Å². The Morgan fingerprint density at radius 2 is 1.94 bits per heavy atom. The summed E-state index contributed by atoms with van der Waals surface area (Å²) in [5.74, 6) is 0. The summed E-state index contributed by atoms with van der Waals surface area (Å²) in [5, 5.41) is 23.4. The number of likely N-dealkylation sites (tertiary alicyclic amines) is 1. The number of nitrogens with one attached hydrogen (secondary N) is 2. The van der Waals surface area contributed by atoms with Gasteiger partial charge >= 0.3 is 0 Å². The standard InChI is InChI=1S/C28H30N4O/c29-16-22-12-23(25-5-2-9-30-25)14-24(13-22)31-17-20-3-1-4-21(11-20)18-32-10-8-27(6-7-27)19-28(32)15-26(28)33/h1-5,9,11-14,26,30-31,33H,6-8,10,15,17-19H2/t26-,28-/m1/s1. The van der Waals surface area contributed by atoms with Gasteiger partial charge in [-0.2, -0.15) is 5.26 Å². The molecule has 1 aromatic heterocycles. The fourth-order valence-electron chi connectivity index (χ4n) is 5.81. The van der Waals surface area contributed by atoms with Crippen molar-refractivity contribution in [2.75, 3.05) is 11.9 Å². The average molecular weight is 439 g/mol. The van der Waals surface area contributed by atoms with E-state index in [1.165, 1.54) is 36.8 Å². The molecule has 6 rings (SSSR count). The molecule has 2 aromatic carbocycles. The van der Waals surface area contributed by atoms with Crippen LogP contribution in [-0.2, 0) is 13.1 Å². The molecule has 5 heteroatoms. The van der Waals surface area contributed by atoms with Gasteiger partial charge in [0.15, 0.2) is 0 Å². The first kappa shape index (κ1) is 20.5. The number of aromatic nitrogens is 1. The van der Waals surface area contributed by atoms with E-state index in [0.717, 1.165) is 36.5 Å². The third kappa shape index (κ3) is 3.94. The highest BCUT2D eigenvalue weighted by atomic mass is 16.3. The van der Waals surface area contributed by atoms with E-state index in [9.17, 15) is 10.4 Å². The first-order valence-corrected chi connectivity index (χ1v) is 12.0. The van der Waals surface area contributed by atoms with Gasteiger partial charge in [-0.05, 0) is 85.5 Å². The number of hydrogen-bond donors (Lipinski definition) is 3. The molecule has 1 saturated heterocycles. The molecule has 2 saturated carbocycles. The van der Waals surface area contributed by atoms with Crippen molar-refractivity contribution < 1.29 is 5.11 Å². The van der Waals surface area contributed by atoms with Crippen LogP contribution in [0.2, 0.25) is 0 Å². The summed E-state index contributed by atoms with van der Waals surface area (Å²) in [7, 11) is 0. The Labute approximate surface area is 195 Å². The molecular weight excluding hydrogens is 408 g/mol. The highest BCUT2D eigenvalue weighted by Crippen LogP contribution is 2.63. The van der Waals surface area contributed by atoms with Crippen LogP contribution in [0.25, 0.3) is 11.3 Å². The van der Waals surface area contributed by atoms with Crippen LogP contribution in [0.5, 0.6) is 0 Å². The van der Waals surface area contributed by atoms with Crippen LogP contribution < -0.4 is 5.32 Å². The third-order valence-electron chi connectivity index (χ3n) is 8.02. The number of nitrogens with zero attached hydrogens (tertiary/aromatic N) is 2. The van der Waals surface area contributed by atoms with Crippen molar-refractivity contribution in [1.29, 1.82) is 5.26 Å². The van der Waals surface area contributed by atoms with Gasteiger partial charge in [-0.3, -0.25) is 4.90 Å². The van der Waals surface area contributed by atoms with E-state index >= 15 is 0 Å². The van der Waals surface area contributed by atoms with E-state index in [2.05, 4.69) is 51.6 Å². The summed E-state index contributed by atoms with van der Waals surface area (Å²) in [6.45, 7) is 2.70. The zero-order chi connectivity index (χ0) is 22.5. The molecule has 3 aromatic rings. The van der Waals surface area contributed by atoms with Gasteiger partial charge in [0.25, 0.3) is 0 Å². The minimum Gasteiger partial charge on any atom is -0.391 e. The molecule has 0 amide bonds. The summed E-state index contributed by atoms with van der Waals surface area (Å²) >= 11 is 0. The topological polar surface area (TPSA) is 75.1 Å². The molecule has 2 spiro atoms. The Hall–Kier alpha value is -3.07. The first-order valence-electron chi connectivity index (χ1n) is 12.0. The largest absolute Gasteiger partial charge is 0.391 e. The number of benzene rings is 2. The Morgan fingerprint density at radius 3 is 2.67 bits per heavy atom. The van der Waals surface area contributed by atoms with Crippen LogP contribution in [0.4, 0.5) is 5.69 Å². The van der Waals surface area contributed by atoms with Crippen molar-refractivity contribution >= 4 is 5.69 Å². The normalized spacial score (nSPS) is 25.2. The zero-order valence-electron chi connectivity index (χ0n) is 18.8.